The summed E-state index contributed by atoms with van der Waals surface area (Å²) >= 11 is 0. The molecule has 1 aliphatic rings. The molecule has 0 aliphatic heterocycles. The van der Waals surface area contributed by atoms with Crippen molar-refractivity contribution in [2.24, 2.45) is 11.8 Å². The molecule has 0 radical (unpaired) electrons. The fourth-order valence-corrected chi connectivity index (χ4v) is 2.25. The van der Waals surface area contributed by atoms with Gasteiger partial charge in [0.2, 0.25) is 0 Å². The molecule has 0 aromatic carbocycles. The van der Waals surface area contributed by atoms with Crippen molar-refractivity contribution in [3.05, 3.63) is 11.9 Å². The summed E-state index contributed by atoms with van der Waals surface area (Å²) in [5.41, 5.74) is 2.66. The number of nitrogens with one attached hydrogen (secondary N) is 1. The van der Waals surface area contributed by atoms with Crippen LogP contribution in [0.15, 0.2) is 6.07 Å². The van der Waals surface area contributed by atoms with Crippen LogP contribution in [0.1, 0.15) is 45.9 Å². The van der Waals surface area contributed by atoms with E-state index in [9.17, 15) is 0 Å². The van der Waals surface area contributed by atoms with Crippen molar-refractivity contribution < 1.29 is 0 Å². The number of nitrogen functional groups attached to an aromatic ring is 1. The monoisotopic (exact) mass is 263 g/mol. The fourth-order valence-electron chi connectivity index (χ4n) is 2.25. The van der Waals surface area contributed by atoms with Crippen LogP contribution in [-0.2, 0) is 6.42 Å². The molecule has 1 aromatic rings. The van der Waals surface area contributed by atoms with E-state index in [1.807, 2.05) is 6.07 Å². The van der Waals surface area contributed by atoms with Gasteiger partial charge < -0.3 is 10.3 Å². The predicted molar refractivity (Wildman–Crippen MR) is 79.0 cm³/mol. The average Bonchev–Trinajstić information content (AvgIpc) is 3.20. The molecule has 1 fully saturated rings. The number of hydrogen-bond acceptors (Lipinski definition) is 5. The molecule has 0 saturated heterocycles. The highest BCUT2D eigenvalue weighted by Gasteiger charge is 2.30. The van der Waals surface area contributed by atoms with Crippen LogP contribution < -0.4 is 16.2 Å². The predicted octanol–water partition coefficient (Wildman–Crippen LogP) is 2.34. The Balaban J connectivity index is 2.26. The number of aromatic nitrogens is 2. The summed E-state index contributed by atoms with van der Waals surface area (Å²) in [4.78, 5) is 11.5. The lowest BCUT2D eigenvalue weighted by Crippen LogP contribution is -2.31. The van der Waals surface area contributed by atoms with Crippen LogP contribution in [0.4, 0.5) is 11.6 Å². The Morgan fingerprint density at radius 1 is 1.42 bits per heavy atom. The molecule has 0 bridgehead atoms. The van der Waals surface area contributed by atoms with Gasteiger partial charge in [-0.25, -0.2) is 15.8 Å². The molecule has 0 unspecified atom stereocenters. The average molecular weight is 263 g/mol. The lowest BCUT2D eigenvalue weighted by molar-refractivity contribution is 0.601. The first kappa shape index (κ1) is 14.1. The second kappa shape index (κ2) is 6.19. The van der Waals surface area contributed by atoms with E-state index in [0.29, 0.717) is 17.8 Å². The molecule has 2 rings (SSSR count). The van der Waals surface area contributed by atoms with Crippen molar-refractivity contribution in [1.29, 1.82) is 0 Å². The van der Waals surface area contributed by atoms with Crippen molar-refractivity contribution in [3.8, 4) is 0 Å². The van der Waals surface area contributed by atoms with Crippen molar-refractivity contribution in [1.82, 2.24) is 9.97 Å². The highest BCUT2D eigenvalue weighted by molar-refractivity contribution is 5.50. The molecule has 1 aromatic heterocycles. The van der Waals surface area contributed by atoms with Gasteiger partial charge in [-0.05, 0) is 25.2 Å². The lowest BCUT2D eigenvalue weighted by atomic mass is 10.2. The highest BCUT2D eigenvalue weighted by atomic mass is 15.3. The Hall–Kier alpha value is -1.36. The van der Waals surface area contributed by atoms with Crippen molar-refractivity contribution in [2.45, 2.75) is 52.5 Å². The summed E-state index contributed by atoms with van der Waals surface area (Å²) in [5.74, 6) is 8.75. The molecule has 19 heavy (non-hydrogen) atoms. The number of nitrogens with zero attached hydrogens (tertiary/aromatic N) is 3. The minimum absolute atomic E-state index is 0.625. The van der Waals surface area contributed by atoms with E-state index in [1.165, 1.54) is 12.8 Å². The first-order valence-corrected chi connectivity index (χ1v) is 7.25. The molecule has 0 amide bonds. The third kappa shape index (κ3) is 3.80. The van der Waals surface area contributed by atoms with Gasteiger partial charge in [-0.15, -0.1) is 0 Å². The lowest BCUT2D eigenvalue weighted by Gasteiger charge is -2.26. The maximum atomic E-state index is 5.52. The minimum atomic E-state index is 0.625. The number of rotatable bonds is 7. The normalized spacial score (nSPS) is 14.8. The molecule has 1 saturated carbocycles. The van der Waals surface area contributed by atoms with Gasteiger partial charge in [0.1, 0.15) is 17.5 Å². The van der Waals surface area contributed by atoms with Crippen LogP contribution in [-0.4, -0.2) is 22.6 Å². The zero-order chi connectivity index (χ0) is 13.8. The quantitative estimate of drug-likeness (QED) is 0.584. The third-order valence-electron chi connectivity index (χ3n) is 3.22. The number of hydrazine groups is 1. The van der Waals surface area contributed by atoms with Crippen LogP contribution in [0.3, 0.4) is 0 Å². The molecule has 1 aliphatic carbocycles. The van der Waals surface area contributed by atoms with Crippen LogP contribution in [0.25, 0.3) is 0 Å². The summed E-state index contributed by atoms with van der Waals surface area (Å²) in [5, 5.41) is 0. The van der Waals surface area contributed by atoms with Crippen LogP contribution in [0.2, 0.25) is 0 Å². The van der Waals surface area contributed by atoms with E-state index in [2.05, 4.69) is 36.1 Å². The van der Waals surface area contributed by atoms with Gasteiger partial charge in [-0.3, -0.25) is 0 Å². The maximum Gasteiger partial charge on any atom is 0.145 e. The van der Waals surface area contributed by atoms with Crippen LogP contribution in [0, 0.1) is 5.92 Å². The number of anilines is 2. The summed E-state index contributed by atoms with van der Waals surface area (Å²) in [6.07, 6.45) is 4.47. The molecule has 0 atom stereocenters. The smallest absolute Gasteiger partial charge is 0.145 e. The van der Waals surface area contributed by atoms with E-state index in [1.54, 1.807) is 0 Å². The molecule has 106 valence electrons. The number of aryl methyl sites for hydroxylation is 1. The summed E-state index contributed by atoms with van der Waals surface area (Å²) in [6.45, 7) is 7.66. The Bertz CT molecular complexity index is 414. The third-order valence-corrected chi connectivity index (χ3v) is 3.22. The second-order valence-corrected chi connectivity index (χ2v) is 5.70. The Morgan fingerprint density at radius 3 is 2.68 bits per heavy atom. The van der Waals surface area contributed by atoms with Crippen molar-refractivity contribution >= 4 is 11.6 Å². The summed E-state index contributed by atoms with van der Waals surface area (Å²) in [6, 6.07) is 2.61. The van der Waals surface area contributed by atoms with Gasteiger partial charge >= 0.3 is 0 Å². The van der Waals surface area contributed by atoms with Crippen molar-refractivity contribution in [2.75, 3.05) is 16.9 Å². The van der Waals surface area contributed by atoms with Crippen LogP contribution in [0.5, 0.6) is 0 Å². The number of hydrogen-bond donors (Lipinski definition) is 2. The standard InChI is InChI=1S/C14H25N5/c1-4-5-12-16-13(18-15)8-14(17-12)19(9-10(2)3)11-6-7-11/h8,10-11H,4-7,9,15H2,1-3H3,(H,16,17,18). The van der Waals surface area contributed by atoms with Crippen molar-refractivity contribution in [3.63, 3.8) is 0 Å². The first-order valence-electron chi connectivity index (χ1n) is 7.25. The van der Waals surface area contributed by atoms with E-state index >= 15 is 0 Å². The van der Waals surface area contributed by atoms with E-state index in [0.717, 1.165) is 31.0 Å². The Kier molecular flexibility index (Phi) is 4.58. The Morgan fingerprint density at radius 2 is 2.16 bits per heavy atom. The van der Waals surface area contributed by atoms with Gasteiger partial charge in [0.25, 0.3) is 0 Å². The second-order valence-electron chi connectivity index (χ2n) is 5.70. The van der Waals surface area contributed by atoms with Gasteiger partial charge in [0.05, 0.1) is 0 Å². The van der Waals surface area contributed by atoms with Gasteiger partial charge in [0.15, 0.2) is 0 Å². The molecule has 5 nitrogen and oxygen atoms in total. The van der Waals surface area contributed by atoms with Gasteiger partial charge in [-0.2, -0.15) is 0 Å². The summed E-state index contributed by atoms with van der Waals surface area (Å²) < 4.78 is 0. The van der Waals surface area contributed by atoms with E-state index in [-0.39, 0.29) is 0 Å². The topological polar surface area (TPSA) is 67.1 Å². The SMILES string of the molecule is CCCc1nc(NN)cc(N(CC(C)C)C2CC2)n1. The fraction of sp³-hybridized carbons (Fsp3) is 0.714. The van der Waals surface area contributed by atoms with Gasteiger partial charge in [-0.1, -0.05) is 20.8 Å². The number of nitrogens with two attached hydrogens (primary N) is 1. The highest BCUT2D eigenvalue weighted by Crippen LogP contribution is 2.32. The van der Waals surface area contributed by atoms with Crippen LogP contribution >= 0.6 is 0 Å². The van der Waals surface area contributed by atoms with E-state index < -0.39 is 0 Å². The minimum Gasteiger partial charge on any atom is -0.353 e. The first-order chi connectivity index (χ1) is 9.13. The zero-order valence-electron chi connectivity index (χ0n) is 12.2. The molecule has 1 heterocycles. The Labute approximate surface area is 115 Å². The maximum absolute atomic E-state index is 5.52. The summed E-state index contributed by atoms with van der Waals surface area (Å²) in [7, 11) is 0. The zero-order valence-corrected chi connectivity index (χ0v) is 12.2. The van der Waals surface area contributed by atoms with E-state index in [4.69, 9.17) is 10.8 Å². The largest absolute Gasteiger partial charge is 0.353 e. The molecular weight excluding hydrogens is 238 g/mol. The molecule has 5 heteroatoms. The molecule has 0 spiro atoms. The molecule has 3 N–H and O–H groups in total. The molecular formula is C14H25N5. The van der Waals surface area contributed by atoms with Gasteiger partial charge in [0, 0.05) is 25.1 Å².